The van der Waals surface area contributed by atoms with Gasteiger partial charge in [0.25, 0.3) is 0 Å². The fourth-order valence-electron chi connectivity index (χ4n) is 18.2. The third-order valence-corrected chi connectivity index (χ3v) is 23.1. The lowest BCUT2D eigenvalue weighted by Crippen LogP contribution is -2.11. The highest BCUT2D eigenvalue weighted by Gasteiger charge is 2.30. The Hall–Kier alpha value is -15.7. The van der Waals surface area contributed by atoms with Crippen molar-refractivity contribution >= 4 is 131 Å². The van der Waals surface area contributed by atoms with Crippen LogP contribution in [0.15, 0.2) is 376 Å². The first-order valence-electron chi connectivity index (χ1n) is 38.5. The van der Waals surface area contributed by atoms with Crippen LogP contribution in [0.3, 0.4) is 0 Å². The Morgan fingerprint density at radius 2 is 0.421 bits per heavy atom. The van der Waals surface area contributed by atoms with Crippen molar-refractivity contribution in [3.05, 3.63) is 376 Å². The highest BCUT2D eigenvalue weighted by atomic mass is 15.3. The molecule has 12 nitrogen and oxygen atoms in total. The van der Waals surface area contributed by atoms with Crippen LogP contribution < -0.4 is 0 Å². The fraction of sp³-hybridized carbons (Fsp3) is 0. The predicted molar refractivity (Wildman–Crippen MR) is 466 cm³/mol. The fourth-order valence-corrected chi connectivity index (χ4v) is 18.2. The number of hydrogen-bond donors (Lipinski definition) is 0. The third kappa shape index (κ3) is 9.52. The molecule has 0 saturated carbocycles. The second kappa shape index (κ2) is 24.9. The quantitative estimate of drug-likeness (QED) is 0.128. The first kappa shape index (κ1) is 63.3. The van der Waals surface area contributed by atoms with Crippen LogP contribution in [0.4, 0.5) is 0 Å². The maximum atomic E-state index is 5.91. The molecule has 16 aromatic carbocycles. The molecule has 0 aliphatic heterocycles. The number of hydrogen-bond acceptors (Lipinski definition) is 6. The van der Waals surface area contributed by atoms with Crippen molar-refractivity contribution in [2.24, 2.45) is 0 Å². The Bertz CT molecular complexity index is 8000. The lowest BCUT2D eigenvalue weighted by molar-refractivity contribution is 0.893. The average molecular weight is 1460 g/mol. The second-order valence-corrected chi connectivity index (χ2v) is 29.3. The van der Waals surface area contributed by atoms with Crippen molar-refractivity contribution in [1.29, 1.82) is 0 Å². The molecule has 8 aromatic heterocycles. The summed E-state index contributed by atoms with van der Waals surface area (Å²) in [6, 6.07) is 134. The van der Waals surface area contributed by atoms with Crippen molar-refractivity contribution in [1.82, 2.24) is 57.3 Å². The second-order valence-electron chi connectivity index (χ2n) is 29.3. The van der Waals surface area contributed by atoms with Gasteiger partial charge >= 0.3 is 0 Å². The van der Waals surface area contributed by atoms with E-state index >= 15 is 0 Å². The summed E-state index contributed by atoms with van der Waals surface area (Å²) >= 11 is 0. The van der Waals surface area contributed by atoms with Gasteiger partial charge in [-0.2, -0.15) is 24.9 Å². The van der Waals surface area contributed by atoms with Crippen molar-refractivity contribution in [3.63, 3.8) is 0 Å². The molecule has 0 amide bonds. The van der Waals surface area contributed by atoms with Crippen LogP contribution >= 0.6 is 0 Å². The van der Waals surface area contributed by atoms with Crippen molar-refractivity contribution in [2.45, 2.75) is 0 Å². The van der Waals surface area contributed by atoms with Gasteiger partial charge in [0.2, 0.25) is 17.8 Å². The number of fused-ring (bicyclic) bond motifs is 21. The largest absolute Gasteiger partial charge is 0.309 e. The van der Waals surface area contributed by atoms with Gasteiger partial charge < -0.3 is 13.7 Å². The number of para-hydroxylation sites is 7. The summed E-state index contributed by atoms with van der Waals surface area (Å²) in [6.07, 6.45) is 0. The Labute approximate surface area is 651 Å². The zero-order valence-corrected chi connectivity index (χ0v) is 61.2. The van der Waals surface area contributed by atoms with Gasteiger partial charge in [0.15, 0.2) is 17.5 Å². The maximum Gasteiger partial charge on any atom is 0.240 e. The standard InChI is InChI=1S/C102H62N12/c1-7-27-63(28-8-1)64-47-49-67(50-48-64)99-106-101(113-85-44-24-20-40-74(85)77-54-53-76-73-39-19-23-43-84(73)110(93(76)95(77)113)71-35-15-5-16-36-71)108-102(107-99)114-86-45-25-21-41-75(86)78-55-56-80-83-62-68(51-58-88(83)111(94(80)96(78)114)72-37-17-6-18-38-72)69-52-59-89-82(61-69)79-57-60-90-91(81-42-22-26-46-87(81)109(90)70-33-13-4-14-34-70)92(79)112(89)100-104-97(65-29-9-2-10-30-65)103-98(105-100)66-31-11-3-12-32-66/h1-62H. The maximum absolute atomic E-state index is 5.91. The van der Waals surface area contributed by atoms with E-state index in [4.69, 9.17) is 29.9 Å². The molecule has 0 aliphatic rings. The summed E-state index contributed by atoms with van der Waals surface area (Å²) < 4.78 is 14.1. The van der Waals surface area contributed by atoms with Crippen LogP contribution in [-0.2, 0) is 0 Å². The molecule has 0 bridgehead atoms. The van der Waals surface area contributed by atoms with Crippen molar-refractivity contribution in [3.8, 4) is 91.3 Å². The summed E-state index contributed by atoms with van der Waals surface area (Å²) in [5.74, 6) is 3.20. The van der Waals surface area contributed by atoms with E-state index < -0.39 is 0 Å². The van der Waals surface area contributed by atoms with E-state index in [1.165, 1.54) is 0 Å². The molecule has 24 aromatic rings. The number of rotatable bonds is 11. The van der Waals surface area contributed by atoms with Gasteiger partial charge in [-0.15, -0.1) is 0 Å². The summed E-state index contributed by atoms with van der Waals surface area (Å²) in [6.45, 7) is 0. The summed E-state index contributed by atoms with van der Waals surface area (Å²) in [5, 5.41) is 13.1. The lowest BCUT2D eigenvalue weighted by Gasteiger charge is -2.15. The number of aromatic nitrogens is 12. The summed E-state index contributed by atoms with van der Waals surface area (Å²) in [4.78, 5) is 33.5. The van der Waals surface area contributed by atoms with E-state index in [9.17, 15) is 0 Å². The topological polar surface area (TPSA) is 107 Å². The summed E-state index contributed by atoms with van der Waals surface area (Å²) in [5.41, 5.74) is 22.4. The molecular formula is C102H62N12. The average Bonchev–Trinajstić information content (AvgIpc) is 1.59. The zero-order valence-electron chi connectivity index (χ0n) is 61.2. The number of nitrogens with zero attached hydrogens (tertiary/aromatic N) is 12. The highest BCUT2D eigenvalue weighted by Crippen LogP contribution is 2.48. The minimum Gasteiger partial charge on any atom is -0.309 e. The molecule has 0 spiro atoms. The van der Waals surface area contributed by atoms with Gasteiger partial charge in [-0.3, -0.25) is 13.7 Å². The Morgan fingerprint density at radius 1 is 0.149 bits per heavy atom. The van der Waals surface area contributed by atoms with Gasteiger partial charge in [0.05, 0.1) is 66.2 Å². The van der Waals surface area contributed by atoms with Crippen LogP contribution in [0.2, 0.25) is 0 Å². The predicted octanol–water partition coefficient (Wildman–Crippen LogP) is 25.0. The van der Waals surface area contributed by atoms with Crippen LogP contribution in [0, 0.1) is 0 Å². The number of benzene rings is 16. The minimum absolute atomic E-state index is 0.479. The van der Waals surface area contributed by atoms with Crippen LogP contribution in [0.1, 0.15) is 0 Å². The molecule has 114 heavy (non-hydrogen) atoms. The van der Waals surface area contributed by atoms with Crippen molar-refractivity contribution in [2.75, 3.05) is 0 Å². The van der Waals surface area contributed by atoms with Gasteiger partial charge in [0, 0.05) is 98.4 Å². The normalized spacial score (nSPS) is 12.0. The molecule has 8 heterocycles. The van der Waals surface area contributed by atoms with Gasteiger partial charge in [-0.1, -0.05) is 285 Å². The van der Waals surface area contributed by atoms with E-state index in [2.05, 4.69) is 367 Å². The first-order chi connectivity index (χ1) is 56.6. The minimum atomic E-state index is 0.479. The third-order valence-electron chi connectivity index (χ3n) is 23.1. The van der Waals surface area contributed by atoms with E-state index in [0.29, 0.717) is 35.3 Å². The summed E-state index contributed by atoms with van der Waals surface area (Å²) in [7, 11) is 0. The smallest absolute Gasteiger partial charge is 0.240 e. The van der Waals surface area contributed by atoms with Gasteiger partial charge in [-0.25, -0.2) is 4.98 Å². The molecule has 0 radical (unpaired) electrons. The Balaban J connectivity index is 0.762. The van der Waals surface area contributed by atoms with Crippen LogP contribution in [0.5, 0.6) is 0 Å². The SMILES string of the molecule is c1ccc(-c2ccc(-c3nc(-n4c5ccccc5c5ccc6c7ccccc7n(-c7ccccc7)c6c54)nc(-n4c5ccccc5c5ccc6c7cc(-c8ccc9c(c8)c8ccc%10c(c%11ccccc%11n%10-c%10ccccc%10)c8n9-c8nc(-c9ccccc9)nc(-c9ccccc9)n8)ccc7n(-c7ccccc7)c6c54)n3)cc2)cc1. The highest BCUT2D eigenvalue weighted by molar-refractivity contribution is 6.28. The molecule has 0 fully saturated rings. The van der Waals surface area contributed by atoms with E-state index in [-0.39, 0.29) is 0 Å². The molecule has 0 saturated heterocycles. The van der Waals surface area contributed by atoms with E-state index in [1.807, 2.05) is 36.4 Å². The molecular weight excluding hydrogens is 1390 g/mol. The molecule has 12 heteroatoms. The Morgan fingerprint density at radius 3 is 0.886 bits per heavy atom. The molecule has 0 aliphatic carbocycles. The lowest BCUT2D eigenvalue weighted by atomic mass is 10.00. The monoisotopic (exact) mass is 1450 g/mol. The van der Waals surface area contributed by atoms with Crippen LogP contribution in [0.25, 0.3) is 222 Å². The molecule has 530 valence electrons. The molecule has 0 N–H and O–H groups in total. The van der Waals surface area contributed by atoms with Crippen LogP contribution in [-0.4, -0.2) is 57.3 Å². The molecule has 0 atom stereocenters. The Kier molecular flexibility index (Phi) is 13.8. The first-order valence-corrected chi connectivity index (χ1v) is 38.5. The van der Waals surface area contributed by atoms with Gasteiger partial charge in [-0.05, 0) is 113 Å². The van der Waals surface area contributed by atoms with E-state index in [0.717, 1.165) is 187 Å². The zero-order chi connectivity index (χ0) is 74.6. The molecule has 0 unspecified atom stereocenters. The van der Waals surface area contributed by atoms with Gasteiger partial charge in [0.1, 0.15) is 0 Å². The van der Waals surface area contributed by atoms with Crippen molar-refractivity contribution < 1.29 is 0 Å². The van der Waals surface area contributed by atoms with E-state index in [1.54, 1.807) is 0 Å². The molecule has 24 rings (SSSR count).